The molecule has 6 nitrogen and oxygen atoms in total. The summed E-state index contributed by atoms with van der Waals surface area (Å²) in [6, 6.07) is 0. The second-order valence-corrected chi connectivity index (χ2v) is 13.6. The van der Waals surface area contributed by atoms with Crippen molar-refractivity contribution in [3.8, 4) is 0 Å². The zero-order valence-corrected chi connectivity index (χ0v) is 32.0. The van der Waals surface area contributed by atoms with Gasteiger partial charge >= 0.3 is 0 Å². The van der Waals surface area contributed by atoms with E-state index in [4.69, 9.17) is 0 Å². The summed E-state index contributed by atoms with van der Waals surface area (Å²) in [6.45, 7) is 30.0. The first kappa shape index (κ1) is 48.3. The normalized spacial score (nSPS) is 11.4. The molecule has 6 heteroatoms. The van der Waals surface area contributed by atoms with Crippen LogP contribution in [0.4, 0.5) is 0 Å². The predicted molar refractivity (Wildman–Crippen MR) is 192 cm³/mol. The highest BCUT2D eigenvalue weighted by molar-refractivity contribution is 5.64. The molecule has 0 aromatic rings. The zero-order valence-electron chi connectivity index (χ0n) is 32.0. The Kier molecular flexibility index (Phi) is 38.3. The van der Waals surface area contributed by atoms with Crippen molar-refractivity contribution in [3.63, 3.8) is 0 Å². The lowest BCUT2D eigenvalue weighted by Crippen LogP contribution is -2.50. The third-order valence-electron chi connectivity index (χ3n) is 9.15. The van der Waals surface area contributed by atoms with Gasteiger partial charge in [-0.1, -0.05) is 113 Å². The van der Waals surface area contributed by atoms with Gasteiger partial charge in [-0.15, -0.1) is 0 Å². The van der Waals surface area contributed by atoms with Gasteiger partial charge < -0.3 is 28.8 Å². The van der Waals surface area contributed by atoms with Crippen LogP contribution in [-0.4, -0.2) is 73.3 Å². The van der Waals surface area contributed by atoms with Crippen LogP contribution in [0.3, 0.4) is 0 Å². The van der Waals surface area contributed by atoms with E-state index in [1.54, 1.807) is 0 Å². The zero-order chi connectivity index (χ0) is 34.7. The molecule has 45 heavy (non-hydrogen) atoms. The van der Waals surface area contributed by atoms with Crippen molar-refractivity contribution < 1.29 is 28.8 Å². The third-order valence-corrected chi connectivity index (χ3v) is 9.15. The Morgan fingerprint density at radius 1 is 0.333 bits per heavy atom. The summed E-state index contributed by atoms with van der Waals surface area (Å²) in [5.41, 5.74) is 0. The number of hydrogen-bond acceptors (Lipinski definition) is 4. The quantitative estimate of drug-likeness (QED) is 0.0582. The van der Waals surface area contributed by atoms with Crippen molar-refractivity contribution in [2.24, 2.45) is 0 Å². The van der Waals surface area contributed by atoms with Gasteiger partial charge in [-0.05, 0) is 77.0 Å². The summed E-state index contributed by atoms with van der Waals surface area (Å²) in [5.74, 6) is -2.17. The summed E-state index contributed by atoms with van der Waals surface area (Å²) < 4.78 is 2.84. The van der Waals surface area contributed by atoms with Crippen LogP contribution in [0.25, 0.3) is 0 Å². The van der Waals surface area contributed by atoms with Crippen LogP contribution < -0.4 is 10.2 Å². The van der Waals surface area contributed by atoms with Gasteiger partial charge in [0.05, 0.1) is 52.4 Å². The highest BCUT2D eigenvalue weighted by atomic mass is 16.4. The number of carboxylic acids is 2. The number of unbranched alkanes of at least 4 members (excludes halogenated alkanes) is 10. The molecule has 0 radical (unpaired) electrons. The molecular formula is C39H82N2O4. The summed E-state index contributed by atoms with van der Waals surface area (Å²) >= 11 is 0. The lowest BCUT2D eigenvalue weighted by molar-refractivity contribution is -0.929. The number of carbonyl (C=O) groups is 2. The molecule has 0 amide bonds. The fourth-order valence-corrected chi connectivity index (χ4v) is 6.01. The molecule has 0 heterocycles. The summed E-state index contributed by atoms with van der Waals surface area (Å²) in [4.78, 5) is 19.7. The Morgan fingerprint density at radius 3 is 0.644 bits per heavy atom. The lowest BCUT2D eigenvalue weighted by atomic mass is 10.1. The molecule has 0 aromatic carbocycles. The fourth-order valence-electron chi connectivity index (χ4n) is 6.01. The third kappa shape index (κ3) is 32.6. The minimum Gasteiger partial charge on any atom is -0.550 e. The molecule has 272 valence electrons. The molecule has 0 aliphatic rings. The number of carbonyl (C=O) groups excluding carboxylic acids is 2. The lowest BCUT2D eigenvalue weighted by Gasteiger charge is -2.39. The summed E-state index contributed by atoms with van der Waals surface area (Å²) in [7, 11) is 0. The predicted octanol–water partition coefficient (Wildman–Crippen LogP) is 8.44. The standard InChI is InChI=1S/2C16H36N.C7H12O4/c2*1-5-9-13-17(14-10-6-2,15-11-7-3)16-12-8-4;8-6(9)4-2-1-3-5-7(10)11/h2*5-16H2,1-4H3;1-5H2,(H,8,9)(H,10,11)/q2*+1;/p-2. The molecule has 0 aliphatic carbocycles. The molecule has 0 atom stereocenters. The van der Waals surface area contributed by atoms with Gasteiger partial charge in [0.15, 0.2) is 0 Å². The number of rotatable bonds is 30. The summed E-state index contributed by atoms with van der Waals surface area (Å²) in [6.07, 6.45) is 23.7. The van der Waals surface area contributed by atoms with Crippen LogP contribution in [0.2, 0.25) is 0 Å². The first-order chi connectivity index (χ1) is 21.6. The van der Waals surface area contributed by atoms with Crippen LogP contribution in [0.1, 0.15) is 190 Å². The molecule has 0 N–H and O–H groups in total. The molecule has 0 bridgehead atoms. The van der Waals surface area contributed by atoms with E-state index < -0.39 is 11.9 Å². The van der Waals surface area contributed by atoms with Crippen molar-refractivity contribution >= 4 is 11.9 Å². The molecule has 0 fully saturated rings. The van der Waals surface area contributed by atoms with Gasteiger partial charge in [0, 0.05) is 11.9 Å². The van der Waals surface area contributed by atoms with Crippen LogP contribution in [0.15, 0.2) is 0 Å². The van der Waals surface area contributed by atoms with E-state index in [1.807, 2.05) is 0 Å². The largest absolute Gasteiger partial charge is 0.550 e. The van der Waals surface area contributed by atoms with Crippen LogP contribution >= 0.6 is 0 Å². The Labute approximate surface area is 282 Å². The van der Waals surface area contributed by atoms with Crippen molar-refractivity contribution in [2.75, 3.05) is 52.4 Å². The number of nitrogens with zero attached hydrogens (tertiary/aromatic N) is 2. The van der Waals surface area contributed by atoms with Crippen molar-refractivity contribution in [3.05, 3.63) is 0 Å². The molecule has 0 aromatic heterocycles. The topological polar surface area (TPSA) is 80.3 Å². The number of quaternary nitrogens is 2. The average molecular weight is 643 g/mol. The molecular weight excluding hydrogens is 560 g/mol. The minimum atomic E-state index is -1.08. The highest BCUT2D eigenvalue weighted by Gasteiger charge is 2.25. The van der Waals surface area contributed by atoms with Crippen LogP contribution in [-0.2, 0) is 9.59 Å². The van der Waals surface area contributed by atoms with Gasteiger partial charge in [-0.3, -0.25) is 0 Å². The number of carboxylic acid groups (broad SMARTS) is 2. The van der Waals surface area contributed by atoms with Crippen molar-refractivity contribution in [1.82, 2.24) is 0 Å². The Hall–Kier alpha value is -1.14. The van der Waals surface area contributed by atoms with Gasteiger partial charge in [0.1, 0.15) is 0 Å². The van der Waals surface area contributed by atoms with Gasteiger partial charge in [-0.2, -0.15) is 0 Å². The monoisotopic (exact) mass is 643 g/mol. The summed E-state index contributed by atoms with van der Waals surface area (Å²) in [5, 5.41) is 19.7. The SMILES string of the molecule is CCCC[N+](CCCC)(CCCC)CCCC.CCCC[N+](CCCC)(CCCC)CCCC.O=C([O-])CCCCCC(=O)[O-]. The van der Waals surface area contributed by atoms with Gasteiger partial charge in [0.2, 0.25) is 0 Å². The average Bonchev–Trinajstić information content (AvgIpc) is 3.03. The van der Waals surface area contributed by atoms with Crippen molar-refractivity contribution in [1.29, 1.82) is 0 Å². The minimum absolute atomic E-state index is 0.00699. The van der Waals surface area contributed by atoms with E-state index >= 15 is 0 Å². The van der Waals surface area contributed by atoms with Crippen LogP contribution in [0.5, 0.6) is 0 Å². The molecule has 0 saturated heterocycles. The molecule has 0 saturated carbocycles. The van der Waals surface area contributed by atoms with E-state index in [9.17, 15) is 19.8 Å². The Bertz CT molecular complexity index is 499. The van der Waals surface area contributed by atoms with E-state index in [0.717, 1.165) is 0 Å². The van der Waals surface area contributed by atoms with E-state index in [1.165, 1.54) is 164 Å². The molecule has 0 unspecified atom stereocenters. The fraction of sp³-hybridized carbons (Fsp3) is 0.949. The molecule has 0 spiro atoms. The van der Waals surface area contributed by atoms with E-state index in [0.29, 0.717) is 19.3 Å². The second kappa shape index (κ2) is 35.7. The number of aliphatic carboxylic acids is 2. The maximum atomic E-state index is 9.86. The highest BCUT2D eigenvalue weighted by Crippen LogP contribution is 2.17. The Morgan fingerprint density at radius 2 is 0.511 bits per heavy atom. The van der Waals surface area contributed by atoms with E-state index in [-0.39, 0.29) is 12.8 Å². The Balaban J connectivity index is -0.000000604. The first-order valence-electron chi connectivity index (χ1n) is 19.7. The van der Waals surface area contributed by atoms with Gasteiger partial charge in [-0.25, -0.2) is 0 Å². The van der Waals surface area contributed by atoms with E-state index in [2.05, 4.69) is 55.4 Å². The van der Waals surface area contributed by atoms with Crippen molar-refractivity contribution in [2.45, 2.75) is 190 Å². The molecule has 0 aliphatic heterocycles. The second-order valence-electron chi connectivity index (χ2n) is 13.6. The van der Waals surface area contributed by atoms with Gasteiger partial charge in [0.25, 0.3) is 0 Å². The maximum absolute atomic E-state index is 9.86. The smallest absolute Gasteiger partial charge is 0.0786 e. The number of hydrogen-bond donors (Lipinski definition) is 0. The molecule has 0 rings (SSSR count). The maximum Gasteiger partial charge on any atom is 0.0786 e. The first-order valence-corrected chi connectivity index (χ1v) is 19.7. The van der Waals surface area contributed by atoms with Crippen LogP contribution in [0, 0.1) is 0 Å².